The maximum atomic E-state index is 12.6. The highest BCUT2D eigenvalue weighted by Crippen LogP contribution is 2.26. The van der Waals surface area contributed by atoms with Gasteiger partial charge in [-0.25, -0.2) is 4.98 Å². The van der Waals surface area contributed by atoms with Crippen molar-refractivity contribution in [3.05, 3.63) is 65.0 Å². The summed E-state index contributed by atoms with van der Waals surface area (Å²) in [5, 5.41) is 5.39. The van der Waals surface area contributed by atoms with Crippen LogP contribution in [0.4, 0.5) is 5.13 Å². The molecule has 1 fully saturated rings. The largest absolute Gasteiger partial charge is 0.491 e. The summed E-state index contributed by atoms with van der Waals surface area (Å²) in [4.78, 5) is 17.1. The molecule has 1 atom stereocenters. The zero-order valence-electron chi connectivity index (χ0n) is 15.7. The van der Waals surface area contributed by atoms with Crippen LogP contribution < -0.4 is 10.1 Å². The lowest BCUT2D eigenvalue weighted by molar-refractivity contribution is 0.0679. The zero-order chi connectivity index (χ0) is 19.3. The highest BCUT2D eigenvalue weighted by Gasteiger charge is 2.16. The summed E-state index contributed by atoms with van der Waals surface area (Å²) in [6.45, 7) is 3.36. The van der Waals surface area contributed by atoms with E-state index in [-0.39, 0.29) is 12.0 Å². The van der Waals surface area contributed by atoms with Crippen molar-refractivity contribution < 1.29 is 14.3 Å². The molecule has 144 valence electrons. The number of aromatic nitrogens is 1. The molecular formula is C22H22N2O3S. The number of hydrogen-bond acceptors (Lipinski definition) is 5. The number of benzene rings is 2. The highest BCUT2D eigenvalue weighted by molar-refractivity contribution is 7.14. The molecule has 1 unspecified atom stereocenters. The molecule has 1 aliphatic rings. The standard InChI is InChI=1S/C22H22N2O3S/c1-15-7-9-16(10-8-15)20-14-28-22(23-20)24-21(25)17-4-2-5-18(12-17)27-13-19-6-3-11-26-19/h2,4-5,7-10,12,14,19H,3,6,11,13H2,1H3,(H,23,24,25). The predicted octanol–water partition coefficient (Wildman–Crippen LogP) is 4.93. The summed E-state index contributed by atoms with van der Waals surface area (Å²) in [5.41, 5.74) is 3.63. The second-order valence-electron chi connectivity index (χ2n) is 6.83. The van der Waals surface area contributed by atoms with Crippen molar-refractivity contribution in [3.63, 3.8) is 0 Å². The first-order valence-corrected chi connectivity index (χ1v) is 10.2. The van der Waals surface area contributed by atoms with Crippen LogP contribution in [0.3, 0.4) is 0 Å². The fourth-order valence-electron chi connectivity index (χ4n) is 3.05. The quantitative estimate of drug-likeness (QED) is 0.644. The first kappa shape index (κ1) is 18.7. The molecule has 0 saturated carbocycles. The minimum absolute atomic E-state index is 0.146. The molecule has 1 saturated heterocycles. The van der Waals surface area contributed by atoms with Crippen LogP contribution in [0.5, 0.6) is 5.75 Å². The van der Waals surface area contributed by atoms with E-state index in [4.69, 9.17) is 9.47 Å². The topological polar surface area (TPSA) is 60.5 Å². The van der Waals surface area contributed by atoms with Gasteiger partial charge in [0, 0.05) is 23.1 Å². The van der Waals surface area contributed by atoms with Crippen LogP contribution in [0.25, 0.3) is 11.3 Å². The van der Waals surface area contributed by atoms with Gasteiger partial charge in [0.05, 0.1) is 11.8 Å². The van der Waals surface area contributed by atoms with Gasteiger partial charge in [0.1, 0.15) is 12.4 Å². The third-order valence-corrected chi connectivity index (χ3v) is 5.39. The number of carbonyl (C=O) groups excluding carboxylic acids is 1. The van der Waals surface area contributed by atoms with Gasteiger partial charge >= 0.3 is 0 Å². The molecule has 28 heavy (non-hydrogen) atoms. The highest BCUT2D eigenvalue weighted by atomic mass is 32.1. The van der Waals surface area contributed by atoms with Gasteiger partial charge in [-0.3, -0.25) is 10.1 Å². The van der Waals surface area contributed by atoms with Crippen molar-refractivity contribution in [3.8, 4) is 17.0 Å². The van der Waals surface area contributed by atoms with E-state index in [9.17, 15) is 4.79 Å². The number of nitrogens with zero attached hydrogens (tertiary/aromatic N) is 1. The molecule has 6 heteroatoms. The van der Waals surface area contributed by atoms with E-state index in [0.29, 0.717) is 23.1 Å². The first-order chi connectivity index (χ1) is 13.7. The normalized spacial score (nSPS) is 16.1. The van der Waals surface area contributed by atoms with Crippen LogP contribution in [0, 0.1) is 6.92 Å². The Labute approximate surface area is 168 Å². The molecule has 1 aromatic heterocycles. The van der Waals surface area contributed by atoms with Crippen molar-refractivity contribution in [2.75, 3.05) is 18.5 Å². The van der Waals surface area contributed by atoms with Gasteiger partial charge in [0.2, 0.25) is 0 Å². The SMILES string of the molecule is Cc1ccc(-c2csc(NC(=O)c3cccc(OCC4CCCO4)c3)n2)cc1. The predicted molar refractivity (Wildman–Crippen MR) is 111 cm³/mol. The van der Waals surface area contributed by atoms with Crippen molar-refractivity contribution in [2.24, 2.45) is 0 Å². The molecule has 2 heterocycles. The third-order valence-electron chi connectivity index (χ3n) is 4.63. The van der Waals surface area contributed by atoms with E-state index < -0.39 is 0 Å². The zero-order valence-corrected chi connectivity index (χ0v) is 16.5. The Balaban J connectivity index is 1.39. The van der Waals surface area contributed by atoms with E-state index in [1.165, 1.54) is 16.9 Å². The molecule has 1 aliphatic heterocycles. The number of nitrogens with one attached hydrogen (secondary N) is 1. The fourth-order valence-corrected chi connectivity index (χ4v) is 3.76. The van der Waals surface area contributed by atoms with Crippen LogP contribution in [0.15, 0.2) is 53.9 Å². The van der Waals surface area contributed by atoms with Gasteiger partial charge in [-0.2, -0.15) is 0 Å². The van der Waals surface area contributed by atoms with E-state index in [2.05, 4.69) is 29.4 Å². The van der Waals surface area contributed by atoms with E-state index >= 15 is 0 Å². The monoisotopic (exact) mass is 394 g/mol. The Kier molecular flexibility index (Phi) is 5.69. The van der Waals surface area contributed by atoms with Crippen molar-refractivity contribution in [1.29, 1.82) is 0 Å². The maximum Gasteiger partial charge on any atom is 0.257 e. The minimum atomic E-state index is -0.202. The summed E-state index contributed by atoms with van der Waals surface area (Å²) in [6.07, 6.45) is 2.25. The molecule has 4 rings (SSSR count). The Morgan fingerprint density at radius 1 is 1.29 bits per heavy atom. The summed E-state index contributed by atoms with van der Waals surface area (Å²) < 4.78 is 11.3. The van der Waals surface area contributed by atoms with E-state index in [1.807, 2.05) is 29.6 Å². The number of anilines is 1. The molecular weight excluding hydrogens is 372 g/mol. The number of ether oxygens (including phenoxy) is 2. The van der Waals surface area contributed by atoms with Gasteiger partial charge < -0.3 is 9.47 Å². The molecule has 2 aromatic carbocycles. The molecule has 3 aromatic rings. The molecule has 0 aliphatic carbocycles. The van der Waals surface area contributed by atoms with Crippen LogP contribution in [-0.2, 0) is 4.74 Å². The number of carbonyl (C=O) groups is 1. The lowest BCUT2D eigenvalue weighted by Gasteiger charge is -2.12. The number of rotatable bonds is 6. The Bertz CT molecular complexity index is 946. The van der Waals surface area contributed by atoms with Gasteiger partial charge in [-0.1, -0.05) is 35.9 Å². The Hall–Kier alpha value is -2.70. The molecule has 5 nitrogen and oxygen atoms in total. The number of hydrogen-bond donors (Lipinski definition) is 1. The van der Waals surface area contributed by atoms with Crippen molar-refractivity contribution in [2.45, 2.75) is 25.9 Å². The second-order valence-corrected chi connectivity index (χ2v) is 7.69. The number of thiazole rings is 1. The average Bonchev–Trinajstić information content (AvgIpc) is 3.39. The minimum Gasteiger partial charge on any atom is -0.491 e. The van der Waals surface area contributed by atoms with Gasteiger partial charge in [-0.05, 0) is 38.0 Å². The van der Waals surface area contributed by atoms with Crippen LogP contribution in [0.2, 0.25) is 0 Å². The summed E-state index contributed by atoms with van der Waals surface area (Å²) >= 11 is 1.41. The van der Waals surface area contributed by atoms with Crippen LogP contribution in [-0.4, -0.2) is 30.2 Å². The molecule has 0 bridgehead atoms. The van der Waals surface area contributed by atoms with Crippen molar-refractivity contribution >= 4 is 22.4 Å². The number of amides is 1. The van der Waals surface area contributed by atoms with E-state index in [0.717, 1.165) is 30.7 Å². The second kappa shape index (κ2) is 8.54. The average molecular weight is 394 g/mol. The summed E-state index contributed by atoms with van der Waals surface area (Å²) in [6, 6.07) is 15.4. The molecule has 1 N–H and O–H groups in total. The molecule has 1 amide bonds. The fraction of sp³-hybridized carbons (Fsp3) is 0.273. The first-order valence-electron chi connectivity index (χ1n) is 9.36. The molecule has 0 spiro atoms. The summed E-state index contributed by atoms with van der Waals surface area (Å²) in [7, 11) is 0. The molecule has 0 radical (unpaired) electrons. The van der Waals surface area contributed by atoms with Gasteiger partial charge in [-0.15, -0.1) is 11.3 Å². The van der Waals surface area contributed by atoms with Crippen molar-refractivity contribution in [1.82, 2.24) is 4.98 Å². The smallest absolute Gasteiger partial charge is 0.257 e. The third kappa shape index (κ3) is 4.58. The number of aryl methyl sites for hydroxylation is 1. The maximum absolute atomic E-state index is 12.6. The van der Waals surface area contributed by atoms with Crippen LogP contribution >= 0.6 is 11.3 Å². The van der Waals surface area contributed by atoms with E-state index in [1.54, 1.807) is 12.1 Å². The Morgan fingerprint density at radius 3 is 2.93 bits per heavy atom. The Morgan fingerprint density at radius 2 is 2.14 bits per heavy atom. The van der Waals surface area contributed by atoms with Gasteiger partial charge in [0.25, 0.3) is 5.91 Å². The van der Waals surface area contributed by atoms with Gasteiger partial charge in [0.15, 0.2) is 5.13 Å². The lowest BCUT2D eigenvalue weighted by Crippen LogP contribution is -2.16. The van der Waals surface area contributed by atoms with Crippen LogP contribution in [0.1, 0.15) is 28.8 Å². The lowest BCUT2D eigenvalue weighted by atomic mass is 10.1. The summed E-state index contributed by atoms with van der Waals surface area (Å²) in [5.74, 6) is 0.468.